The van der Waals surface area contributed by atoms with Crippen molar-refractivity contribution >= 4 is 5.91 Å². The fraction of sp³-hybridized carbons (Fsp3) is 0.944. The molecule has 126 valence electrons. The number of likely N-dealkylation sites (tertiary alicyclic amines) is 1. The van der Waals surface area contributed by atoms with Crippen LogP contribution < -0.4 is 0 Å². The second-order valence-electron chi connectivity index (χ2n) is 7.79. The van der Waals surface area contributed by atoms with Gasteiger partial charge in [0, 0.05) is 52.2 Å². The molecule has 0 spiro atoms. The van der Waals surface area contributed by atoms with Gasteiger partial charge in [-0.15, -0.1) is 0 Å². The molecule has 1 saturated carbocycles. The van der Waals surface area contributed by atoms with Crippen molar-refractivity contribution in [1.82, 2.24) is 14.7 Å². The van der Waals surface area contributed by atoms with E-state index in [1.807, 2.05) is 4.90 Å². The Morgan fingerprint density at radius 3 is 2.36 bits per heavy atom. The molecule has 2 saturated heterocycles. The molecule has 2 aliphatic heterocycles. The maximum atomic E-state index is 11.5. The first-order valence-corrected chi connectivity index (χ1v) is 9.35. The van der Waals surface area contributed by atoms with E-state index in [9.17, 15) is 4.79 Å². The number of carbonyl (C=O) groups excluding carboxylic acids is 1. The van der Waals surface area contributed by atoms with Gasteiger partial charge in [0.25, 0.3) is 0 Å². The summed E-state index contributed by atoms with van der Waals surface area (Å²) in [4.78, 5) is 18.8. The maximum absolute atomic E-state index is 11.5. The van der Waals surface area contributed by atoms with Crippen molar-refractivity contribution < 1.29 is 4.79 Å². The minimum absolute atomic E-state index is 0.234. The molecule has 3 aliphatic rings. The summed E-state index contributed by atoms with van der Waals surface area (Å²) in [6.07, 6.45) is 7.28. The zero-order chi connectivity index (χ0) is 15.5. The lowest BCUT2D eigenvalue weighted by Gasteiger charge is -2.39. The Labute approximate surface area is 135 Å². The zero-order valence-corrected chi connectivity index (χ0v) is 14.5. The van der Waals surface area contributed by atoms with E-state index in [0.29, 0.717) is 6.04 Å². The van der Waals surface area contributed by atoms with Gasteiger partial charge in [-0.1, -0.05) is 32.6 Å². The Morgan fingerprint density at radius 2 is 1.73 bits per heavy atom. The van der Waals surface area contributed by atoms with Crippen molar-refractivity contribution in [3.63, 3.8) is 0 Å². The average Bonchev–Trinajstić information content (AvgIpc) is 3.14. The Bertz CT molecular complexity index is 373. The molecule has 0 aromatic rings. The van der Waals surface area contributed by atoms with Gasteiger partial charge in [-0.25, -0.2) is 0 Å². The molecular weight excluding hydrogens is 274 g/mol. The van der Waals surface area contributed by atoms with Crippen molar-refractivity contribution in [1.29, 1.82) is 0 Å². The summed E-state index contributed by atoms with van der Waals surface area (Å²) in [5.74, 6) is 2.01. The highest BCUT2D eigenvalue weighted by Gasteiger charge is 2.35. The Kier molecular flexibility index (Phi) is 5.40. The van der Waals surface area contributed by atoms with Gasteiger partial charge in [0.1, 0.15) is 0 Å². The highest BCUT2D eigenvalue weighted by atomic mass is 16.2. The van der Waals surface area contributed by atoms with Crippen molar-refractivity contribution in [3.8, 4) is 0 Å². The van der Waals surface area contributed by atoms with Gasteiger partial charge in [-0.05, 0) is 24.8 Å². The van der Waals surface area contributed by atoms with E-state index in [4.69, 9.17) is 0 Å². The average molecular weight is 307 g/mol. The molecule has 0 aromatic heterocycles. The maximum Gasteiger partial charge on any atom is 0.219 e. The molecule has 4 nitrogen and oxygen atoms in total. The van der Waals surface area contributed by atoms with E-state index in [1.165, 1.54) is 51.7 Å². The second-order valence-corrected chi connectivity index (χ2v) is 7.79. The molecule has 0 radical (unpaired) electrons. The van der Waals surface area contributed by atoms with Crippen molar-refractivity contribution in [2.45, 2.75) is 52.0 Å². The predicted octanol–water partition coefficient (Wildman–Crippen LogP) is 2.05. The number of hydrogen-bond donors (Lipinski definition) is 0. The molecule has 0 N–H and O–H groups in total. The minimum atomic E-state index is 0.234. The van der Waals surface area contributed by atoms with Crippen LogP contribution in [0.4, 0.5) is 0 Å². The van der Waals surface area contributed by atoms with Crippen LogP contribution in [0.25, 0.3) is 0 Å². The molecule has 1 aliphatic carbocycles. The largest absolute Gasteiger partial charge is 0.340 e. The molecule has 3 rings (SSSR count). The van der Waals surface area contributed by atoms with Gasteiger partial charge in [0.2, 0.25) is 5.91 Å². The van der Waals surface area contributed by atoms with E-state index < -0.39 is 0 Å². The van der Waals surface area contributed by atoms with Crippen LogP contribution >= 0.6 is 0 Å². The number of hydrogen-bond acceptors (Lipinski definition) is 3. The first-order chi connectivity index (χ1) is 10.6. The molecule has 0 bridgehead atoms. The van der Waals surface area contributed by atoms with Crippen LogP contribution in [0.2, 0.25) is 0 Å². The highest BCUT2D eigenvalue weighted by molar-refractivity contribution is 5.73. The lowest BCUT2D eigenvalue weighted by atomic mass is 10.0. The van der Waals surface area contributed by atoms with E-state index >= 15 is 0 Å². The van der Waals surface area contributed by atoms with Gasteiger partial charge in [0.15, 0.2) is 0 Å². The van der Waals surface area contributed by atoms with Crippen molar-refractivity contribution in [3.05, 3.63) is 0 Å². The SMILES string of the molecule is CC(=O)N1CCN(C2CN(CCC3CCCC3)CC2C)CC1. The van der Waals surface area contributed by atoms with Crippen LogP contribution in [0.15, 0.2) is 0 Å². The monoisotopic (exact) mass is 307 g/mol. The van der Waals surface area contributed by atoms with Gasteiger partial charge in [-0.3, -0.25) is 9.69 Å². The molecular formula is C18H33N3O. The van der Waals surface area contributed by atoms with Gasteiger partial charge >= 0.3 is 0 Å². The molecule has 4 heteroatoms. The number of piperazine rings is 1. The third-order valence-corrected chi connectivity index (χ3v) is 6.21. The van der Waals surface area contributed by atoms with Gasteiger partial charge in [0.05, 0.1) is 0 Å². The molecule has 2 heterocycles. The van der Waals surface area contributed by atoms with Gasteiger partial charge < -0.3 is 9.80 Å². The molecule has 2 unspecified atom stereocenters. The molecule has 22 heavy (non-hydrogen) atoms. The van der Waals surface area contributed by atoms with Crippen LogP contribution in [0.5, 0.6) is 0 Å². The van der Waals surface area contributed by atoms with E-state index in [1.54, 1.807) is 6.92 Å². The Balaban J connectivity index is 1.43. The molecule has 0 aromatic carbocycles. The third-order valence-electron chi connectivity index (χ3n) is 6.21. The smallest absolute Gasteiger partial charge is 0.219 e. The summed E-state index contributed by atoms with van der Waals surface area (Å²) in [5, 5.41) is 0. The first-order valence-electron chi connectivity index (χ1n) is 9.35. The topological polar surface area (TPSA) is 26.8 Å². The zero-order valence-electron chi connectivity index (χ0n) is 14.5. The third kappa shape index (κ3) is 3.83. The van der Waals surface area contributed by atoms with Crippen LogP contribution in [-0.2, 0) is 4.79 Å². The molecule has 2 atom stereocenters. The summed E-state index contributed by atoms with van der Waals surface area (Å²) in [6, 6.07) is 0.706. The number of carbonyl (C=O) groups is 1. The number of rotatable bonds is 4. The summed E-state index contributed by atoms with van der Waals surface area (Å²) in [5.41, 5.74) is 0. The fourth-order valence-electron chi connectivity index (χ4n) is 4.74. The minimum Gasteiger partial charge on any atom is -0.340 e. The van der Waals surface area contributed by atoms with E-state index in [-0.39, 0.29) is 5.91 Å². The van der Waals surface area contributed by atoms with Crippen molar-refractivity contribution in [2.24, 2.45) is 11.8 Å². The highest BCUT2D eigenvalue weighted by Crippen LogP contribution is 2.29. The van der Waals surface area contributed by atoms with E-state index in [2.05, 4.69) is 16.7 Å². The molecule has 3 fully saturated rings. The quantitative estimate of drug-likeness (QED) is 0.795. The lowest BCUT2D eigenvalue weighted by molar-refractivity contribution is -0.130. The summed E-state index contributed by atoms with van der Waals surface area (Å²) >= 11 is 0. The van der Waals surface area contributed by atoms with Crippen molar-refractivity contribution in [2.75, 3.05) is 45.8 Å². The van der Waals surface area contributed by atoms with Crippen LogP contribution in [-0.4, -0.2) is 72.5 Å². The Hall–Kier alpha value is -0.610. The van der Waals surface area contributed by atoms with Crippen LogP contribution in [0.3, 0.4) is 0 Å². The van der Waals surface area contributed by atoms with Crippen LogP contribution in [0, 0.1) is 11.8 Å². The van der Waals surface area contributed by atoms with E-state index in [0.717, 1.165) is 38.0 Å². The van der Waals surface area contributed by atoms with Gasteiger partial charge in [-0.2, -0.15) is 0 Å². The fourth-order valence-corrected chi connectivity index (χ4v) is 4.74. The summed E-state index contributed by atoms with van der Waals surface area (Å²) in [7, 11) is 0. The second kappa shape index (κ2) is 7.31. The summed E-state index contributed by atoms with van der Waals surface area (Å²) < 4.78 is 0. The number of nitrogens with zero attached hydrogens (tertiary/aromatic N) is 3. The lowest BCUT2D eigenvalue weighted by Crippen LogP contribution is -2.53. The Morgan fingerprint density at radius 1 is 1.05 bits per heavy atom. The standard InChI is InChI=1S/C18H33N3O/c1-15-13-19(8-7-17-5-3-4-6-17)14-18(15)21-11-9-20(10-12-21)16(2)22/h15,17-18H,3-14H2,1-2H3. The number of amides is 1. The predicted molar refractivity (Wildman–Crippen MR) is 89.8 cm³/mol. The first kappa shape index (κ1) is 16.3. The van der Waals surface area contributed by atoms with Crippen LogP contribution in [0.1, 0.15) is 46.0 Å². The summed E-state index contributed by atoms with van der Waals surface area (Å²) in [6.45, 7) is 11.9. The molecule has 1 amide bonds. The normalized spacial score (nSPS) is 32.0.